The molecule has 20 heavy (non-hydrogen) atoms. The van der Waals surface area contributed by atoms with Gasteiger partial charge in [-0.05, 0) is 38.1 Å². The summed E-state index contributed by atoms with van der Waals surface area (Å²) in [6, 6.07) is 4.95. The van der Waals surface area contributed by atoms with E-state index >= 15 is 0 Å². The largest absolute Gasteiger partial charge is 0.482 e. The highest BCUT2D eigenvalue weighted by atomic mass is 35.5. The van der Waals surface area contributed by atoms with Gasteiger partial charge in [-0.3, -0.25) is 4.79 Å². The molecule has 1 saturated heterocycles. The molecule has 1 fully saturated rings. The summed E-state index contributed by atoms with van der Waals surface area (Å²) in [7, 11) is 1.93. The highest BCUT2D eigenvalue weighted by molar-refractivity contribution is 6.34. The van der Waals surface area contributed by atoms with Crippen molar-refractivity contribution in [1.82, 2.24) is 10.2 Å². The summed E-state index contributed by atoms with van der Waals surface area (Å²) in [5, 5.41) is 4.13. The van der Waals surface area contributed by atoms with Gasteiger partial charge in [-0.15, -0.1) is 0 Å². The van der Waals surface area contributed by atoms with Crippen LogP contribution in [-0.4, -0.2) is 44.1 Å². The van der Waals surface area contributed by atoms with E-state index in [2.05, 4.69) is 5.32 Å². The maximum absolute atomic E-state index is 12.1. The Hall–Kier alpha value is -0.970. The van der Waals surface area contributed by atoms with E-state index in [0.29, 0.717) is 21.7 Å². The summed E-state index contributed by atoms with van der Waals surface area (Å²) in [5.41, 5.74) is 0. The lowest BCUT2D eigenvalue weighted by atomic mass is 10.1. The van der Waals surface area contributed by atoms with Crippen molar-refractivity contribution in [1.29, 1.82) is 0 Å². The second kappa shape index (κ2) is 7.16. The van der Waals surface area contributed by atoms with Crippen LogP contribution < -0.4 is 10.1 Å². The molecule has 1 aliphatic rings. The molecule has 1 atom stereocenters. The molecular formula is C14H18Cl2N2O2. The van der Waals surface area contributed by atoms with Gasteiger partial charge in [0.2, 0.25) is 0 Å². The van der Waals surface area contributed by atoms with Crippen LogP contribution in [-0.2, 0) is 4.79 Å². The average molecular weight is 317 g/mol. The third-order valence-corrected chi connectivity index (χ3v) is 3.92. The van der Waals surface area contributed by atoms with Crippen LogP contribution in [0.3, 0.4) is 0 Å². The van der Waals surface area contributed by atoms with E-state index in [1.807, 2.05) is 11.9 Å². The van der Waals surface area contributed by atoms with Crippen molar-refractivity contribution >= 4 is 29.1 Å². The molecule has 1 heterocycles. The number of nitrogens with zero attached hydrogens (tertiary/aromatic N) is 1. The first kappa shape index (κ1) is 15.4. The fourth-order valence-electron chi connectivity index (χ4n) is 2.33. The number of likely N-dealkylation sites (tertiary alicyclic amines) is 1. The Kier molecular flexibility index (Phi) is 5.52. The van der Waals surface area contributed by atoms with Gasteiger partial charge in [0.05, 0.1) is 5.02 Å². The molecule has 0 spiro atoms. The van der Waals surface area contributed by atoms with Gasteiger partial charge in [0.15, 0.2) is 6.61 Å². The third kappa shape index (κ3) is 4.01. The molecule has 1 aromatic carbocycles. The normalized spacial score (nSPS) is 18.4. The zero-order valence-electron chi connectivity index (χ0n) is 11.4. The molecule has 0 aliphatic carbocycles. The molecule has 110 valence electrons. The Morgan fingerprint density at radius 3 is 3.05 bits per heavy atom. The Balaban J connectivity index is 1.85. The second-order valence-corrected chi connectivity index (χ2v) is 5.76. The lowest BCUT2D eigenvalue weighted by molar-refractivity contribution is -0.132. The molecule has 0 saturated carbocycles. The molecule has 1 aliphatic heterocycles. The number of hydrogen-bond donors (Lipinski definition) is 1. The van der Waals surface area contributed by atoms with E-state index in [4.69, 9.17) is 27.9 Å². The van der Waals surface area contributed by atoms with Crippen LogP contribution in [0.15, 0.2) is 18.2 Å². The highest BCUT2D eigenvalue weighted by Crippen LogP contribution is 2.27. The van der Waals surface area contributed by atoms with E-state index in [-0.39, 0.29) is 12.5 Å². The molecule has 0 aromatic heterocycles. The molecule has 0 unspecified atom stereocenters. The van der Waals surface area contributed by atoms with Crippen molar-refractivity contribution in [2.45, 2.75) is 6.42 Å². The number of carbonyl (C=O) groups is 1. The lowest BCUT2D eigenvalue weighted by Crippen LogP contribution is -2.34. The molecular weight excluding hydrogens is 299 g/mol. The Labute approximate surface area is 129 Å². The van der Waals surface area contributed by atoms with Crippen LogP contribution in [0.25, 0.3) is 0 Å². The van der Waals surface area contributed by atoms with E-state index in [0.717, 1.165) is 26.1 Å². The average Bonchev–Trinajstić information content (AvgIpc) is 2.88. The first-order chi connectivity index (χ1) is 9.60. The van der Waals surface area contributed by atoms with Gasteiger partial charge in [-0.25, -0.2) is 0 Å². The summed E-state index contributed by atoms with van der Waals surface area (Å²) in [5.74, 6) is 0.955. The lowest BCUT2D eigenvalue weighted by Gasteiger charge is -2.17. The summed E-state index contributed by atoms with van der Waals surface area (Å²) >= 11 is 11.9. The van der Waals surface area contributed by atoms with Crippen molar-refractivity contribution < 1.29 is 9.53 Å². The molecule has 1 aromatic rings. The minimum atomic E-state index is -0.0142. The molecule has 0 radical (unpaired) electrons. The Morgan fingerprint density at radius 2 is 2.30 bits per heavy atom. The first-order valence-electron chi connectivity index (χ1n) is 6.60. The summed E-state index contributed by atoms with van der Waals surface area (Å²) < 4.78 is 5.46. The van der Waals surface area contributed by atoms with Crippen LogP contribution in [0.4, 0.5) is 0 Å². The fourth-order valence-corrected chi connectivity index (χ4v) is 2.67. The van der Waals surface area contributed by atoms with E-state index in [9.17, 15) is 4.79 Å². The van der Waals surface area contributed by atoms with Crippen molar-refractivity contribution in [2.75, 3.05) is 33.3 Å². The number of halogens is 2. The maximum Gasteiger partial charge on any atom is 0.260 e. The summed E-state index contributed by atoms with van der Waals surface area (Å²) in [6.45, 7) is 2.50. The summed E-state index contributed by atoms with van der Waals surface area (Å²) in [6.07, 6.45) is 1.03. The molecule has 1 amide bonds. The van der Waals surface area contributed by atoms with Crippen LogP contribution in [0.2, 0.25) is 10.0 Å². The number of benzene rings is 1. The van der Waals surface area contributed by atoms with Crippen LogP contribution in [0.5, 0.6) is 5.75 Å². The van der Waals surface area contributed by atoms with Crippen LogP contribution in [0, 0.1) is 5.92 Å². The smallest absolute Gasteiger partial charge is 0.260 e. The molecule has 1 N–H and O–H groups in total. The van der Waals surface area contributed by atoms with Crippen molar-refractivity contribution in [3.63, 3.8) is 0 Å². The molecule has 2 rings (SSSR count). The number of ether oxygens (including phenoxy) is 1. The van der Waals surface area contributed by atoms with Crippen molar-refractivity contribution in [2.24, 2.45) is 5.92 Å². The summed E-state index contributed by atoms with van der Waals surface area (Å²) in [4.78, 5) is 13.9. The zero-order chi connectivity index (χ0) is 14.5. The van der Waals surface area contributed by atoms with Gasteiger partial charge >= 0.3 is 0 Å². The first-order valence-corrected chi connectivity index (χ1v) is 7.36. The number of rotatable bonds is 5. The van der Waals surface area contributed by atoms with Crippen LogP contribution in [0.1, 0.15) is 6.42 Å². The van der Waals surface area contributed by atoms with E-state index in [1.165, 1.54) is 0 Å². The topological polar surface area (TPSA) is 41.6 Å². The number of nitrogens with one attached hydrogen (secondary N) is 1. The Morgan fingerprint density at radius 1 is 1.50 bits per heavy atom. The standard InChI is InChI=1S/C14H18Cl2N2O2/c1-17-7-10-4-5-18(8-10)14(19)9-20-13-6-11(15)2-3-12(13)16/h2-3,6,10,17H,4-5,7-9H2,1H3/t10-/m0/s1. The maximum atomic E-state index is 12.1. The predicted molar refractivity (Wildman–Crippen MR) is 80.6 cm³/mol. The second-order valence-electron chi connectivity index (χ2n) is 4.92. The van der Waals surface area contributed by atoms with Gasteiger partial charge in [0.25, 0.3) is 5.91 Å². The van der Waals surface area contributed by atoms with Crippen molar-refractivity contribution in [3.8, 4) is 5.75 Å². The minimum absolute atomic E-state index is 0.00760. The molecule has 0 bridgehead atoms. The predicted octanol–water partition coefficient (Wildman–Crippen LogP) is 2.44. The third-order valence-electron chi connectivity index (χ3n) is 3.38. The molecule has 4 nitrogen and oxygen atoms in total. The number of carbonyl (C=O) groups excluding carboxylic acids is 1. The van der Waals surface area contributed by atoms with E-state index in [1.54, 1.807) is 18.2 Å². The Bertz CT molecular complexity index is 482. The highest BCUT2D eigenvalue weighted by Gasteiger charge is 2.25. The van der Waals surface area contributed by atoms with Crippen LogP contribution >= 0.6 is 23.2 Å². The van der Waals surface area contributed by atoms with Gasteiger partial charge < -0.3 is 15.0 Å². The fraction of sp³-hybridized carbons (Fsp3) is 0.500. The number of hydrogen-bond acceptors (Lipinski definition) is 3. The monoisotopic (exact) mass is 316 g/mol. The van der Waals surface area contributed by atoms with E-state index < -0.39 is 0 Å². The quantitative estimate of drug-likeness (QED) is 0.907. The van der Waals surface area contributed by atoms with Gasteiger partial charge in [-0.2, -0.15) is 0 Å². The zero-order valence-corrected chi connectivity index (χ0v) is 12.9. The molecule has 6 heteroatoms. The van der Waals surface area contributed by atoms with Gasteiger partial charge in [-0.1, -0.05) is 23.2 Å². The minimum Gasteiger partial charge on any atom is -0.482 e. The van der Waals surface area contributed by atoms with Gasteiger partial charge in [0, 0.05) is 24.2 Å². The number of amides is 1. The van der Waals surface area contributed by atoms with Gasteiger partial charge in [0.1, 0.15) is 5.75 Å². The SMILES string of the molecule is CNC[C@@H]1CCN(C(=O)COc2cc(Cl)ccc2Cl)C1. The van der Waals surface area contributed by atoms with Crippen molar-refractivity contribution in [3.05, 3.63) is 28.2 Å².